The van der Waals surface area contributed by atoms with Crippen LogP contribution in [0.15, 0.2) is 24.4 Å². The van der Waals surface area contributed by atoms with Gasteiger partial charge in [-0.05, 0) is 62.0 Å². The van der Waals surface area contributed by atoms with Crippen molar-refractivity contribution in [3.8, 4) is 5.75 Å². The Balaban J connectivity index is 1.11. The predicted molar refractivity (Wildman–Crippen MR) is 144 cm³/mol. The minimum absolute atomic E-state index is 0.00460. The van der Waals surface area contributed by atoms with Crippen molar-refractivity contribution in [2.45, 2.75) is 44.3 Å². The van der Waals surface area contributed by atoms with Crippen LogP contribution in [0.1, 0.15) is 37.7 Å². The quantitative estimate of drug-likeness (QED) is 0.360. The van der Waals surface area contributed by atoms with E-state index in [1.165, 1.54) is 27.1 Å². The molecule has 216 valence electrons. The minimum atomic E-state index is -4.62. The van der Waals surface area contributed by atoms with Gasteiger partial charge in [0, 0.05) is 50.2 Å². The Labute approximate surface area is 236 Å². The standard InChI is InChI=1S/C28H33ClF3N5O3/c1-39-22-11-19(3-4-21(22)34-26-33-15-20(24(29)35-26)28(30,31)32)36-5-7-37(8-6-36)23-17-9-16-10-18(23)14-27(12-16,13-17)25(38)40-2/h3-4,11,15-18,23H,5-10,12-14H2,1-2H3,(H,33,34,35). The van der Waals surface area contributed by atoms with Gasteiger partial charge >= 0.3 is 12.1 Å². The second-order valence-electron chi connectivity index (χ2n) is 11.7. The molecule has 8 nitrogen and oxygen atoms in total. The summed E-state index contributed by atoms with van der Waals surface area (Å²) in [5.74, 6) is 2.23. The predicted octanol–water partition coefficient (Wildman–Crippen LogP) is 5.39. The number of anilines is 3. The van der Waals surface area contributed by atoms with E-state index in [1.807, 2.05) is 12.1 Å². The number of aromatic nitrogens is 2. The van der Waals surface area contributed by atoms with Crippen LogP contribution >= 0.6 is 11.6 Å². The average molecular weight is 580 g/mol. The molecule has 0 spiro atoms. The summed E-state index contributed by atoms with van der Waals surface area (Å²) in [6, 6.07) is 6.20. The third-order valence-corrected chi connectivity index (χ3v) is 9.71. The number of piperazine rings is 1. The van der Waals surface area contributed by atoms with E-state index >= 15 is 0 Å². The molecule has 2 unspecified atom stereocenters. The highest BCUT2D eigenvalue weighted by Gasteiger charge is 2.60. The maximum Gasteiger partial charge on any atom is 0.420 e. The fraction of sp³-hybridized carbons (Fsp3) is 0.607. The second kappa shape index (κ2) is 10.2. The summed E-state index contributed by atoms with van der Waals surface area (Å²) in [7, 11) is 3.06. The molecule has 5 fully saturated rings. The zero-order valence-electron chi connectivity index (χ0n) is 22.5. The van der Waals surface area contributed by atoms with Gasteiger partial charge in [-0.25, -0.2) is 9.97 Å². The molecule has 1 aromatic carbocycles. The highest BCUT2D eigenvalue weighted by Crippen LogP contribution is 2.61. The van der Waals surface area contributed by atoms with Crippen molar-refractivity contribution < 1.29 is 27.4 Å². The Kier molecular flexibility index (Phi) is 7.01. The van der Waals surface area contributed by atoms with Crippen molar-refractivity contribution in [2.24, 2.45) is 23.2 Å². The Morgan fingerprint density at radius 3 is 2.40 bits per heavy atom. The van der Waals surface area contributed by atoms with Crippen LogP contribution in [-0.4, -0.2) is 67.3 Å². The zero-order chi connectivity index (χ0) is 28.2. The molecule has 2 aromatic rings. The molecule has 7 rings (SSSR count). The van der Waals surface area contributed by atoms with Gasteiger partial charge in [0.15, 0.2) is 0 Å². The van der Waals surface area contributed by atoms with E-state index in [0.717, 1.165) is 51.1 Å². The van der Waals surface area contributed by atoms with E-state index < -0.39 is 16.9 Å². The SMILES string of the molecule is COC(=O)C12CC3CC(C1)C(N1CCN(c4ccc(Nc5ncc(C(F)(F)F)c(Cl)n5)c(OC)c4)CC1)C(C3)C2. The number of methoxy groups -OCH3 is 2. The Morgan fingerprint density at radius 2 is 1.80 bits per heavy atom. The molecule has 12 heteroatoms. The normalized spacial score (nSPS) is 29.9. The molecule has 1 N–H and O–H groups in total. The van der Waals surface area contributed by atoms with Gasteiger partial charge in [-0.3, -0.25) is 9.69 Å². The number of benzene rings is 1. The Hall–Kier alpha value is -2.79. The van der Waals surface area contributed by atoms with Gasteiger partial charge in [-0.1, -0.05) is 11.6 Å². The van der Waals surface area contributed by atoms with Gasteiger partial charge in [-0.2, -0.15) is 13.2 Å². The molecular weight excluding hydrogens is 547 g/mol. The number of alkyl halides is 3. The molecule has 40 heavy (non-hydrogen) atoms. The molecule has 0 amide bonds. The first-order valence-corrected chi connectivity index (χ1v) is 14.1. The summed E-state index contributed by atoms with van der Waals surface area (Å²) in [6.07, 6.45) is 1.39. The van der Waals surface area contributed by atoms with Crippen molar-refractivity contribution >= 4 is 34.9 Å². The molecule has 1 aromatic heterocycles. The van der Waals surface area contributed by atoms with E-state index in [2.05, 4.69) is 25.1 Å². The van der Waals surface area contributed by atoms with Crippen LogP contribution in [0.3, 0.4) is 0 Å². The van der Waals surface area contributed by atoms with Crippen molar-refractivity contribution in [1.29, 1.82) is 0 Å². The second-order valence-corrected chi connectivity index (χ2v) is 12.0. The molecule has 0 radical (unpaired) electrons. The number of carbonyl (C=O) groups is 1. The van der Waals surface area contributed by atoms with Crippen molar-refractivity contribution in [3.63, 3.8) is 0 Å². The minimum Gasteiger partial charge on any atom is -0.494 e. The molecular formula is C28H33ClF3N5O3. The number of esters is 1. The van der Waals surface area contributed by atoms with Gasteiger partial charge < -0.3 is 19.7 Å². The van der Waals surface area contributed by atoms with Crippen LogP contribution in [0.5, 0.6) is 5.75 Å². The monoisotopic (exact) mass is 579 g/mol. The lowest BCUT2D eigenvalue weighted by molar-refractivity contribution is -0.176. The van der Waals surface area contributed by atoms with Gasteiger partial charge in [-0.15, -0.1) is 0 Å². The lowest BCUT2D eigenvalue weighted by Gasteiger charge is -2.61. The summed E-state index contributed by atoms with van der Waals surface area (Å²) in [5, 5.41) is 2.24. The number of ether oxygens (including phenoxy) is 2. The number of hydrogen-bond acceptors (Lipinski definition) is 8. The fourth-order valence-electron chi connectivity index (χ4n) is 8.05. The highest BCUT2D eigenvalue weighted by atomic mass is 35.5. The average Bonchev–Trinajstić information content (AvgIpc) is 2.92. The number of hydrogen-bond donors (Lipinski definition) is 1. The molecule has 2 atom stereocenters. The van der Waals surface area contributed by atoms with Crippen LogP contribution in [0.25, 0.3) is 0 Å². The maximum absolute atomic E-state index is 13.0. The summed E-state index contributed by atoms with van der Waals surface area (Å²) < 4.78 is 49.7. The van der Waals surface area contributed by atoms with Gasteiger partial charge in [0.25, 0.3) is 0 Å². The number of carbonyl (C=O) groups excluding carboxylic acids is 1. The van der Waals surface area contributed by atoms with E-state index in [1.54, 1.807) is 6.07 Å². The molecule has 2 heterocycles. The van der Waals surface area contributed by atoms with Gasteiger partial charge in [0.2, 0.25) is 5.95 Å². The molecule has 5 aliphatic rings. The molecule has 4 bridgehead atoms. The smallest absolute Gasteiger partial charge is 0.420 e. The van der Waals surface area contributed by atoms with Crippen LogP contribution in [0.2, 0.25) is 5.15 Å². The molecule has 4 aliphatic carbocycles. The Morgan fingerprint density at radius 1 is 1.10 bits per heavy atom. The molecule has 4 saturated carbocycles. The Bertz CT molecular complexity index is 1270. The third-order valence-electron chi connectivity index (χ3n) is 9.42. The third kappa shape index (κ3) is 4.85. The van der Waals surface area contributed by atoms with Crippen LogP contribution < -0.4 is 15.0 Å². The van der Waals surface area contributed by atoms with E-state index in [0.29, 0.717) is 41.4 Å². The highest BCUT2D eigenvalue weighted by molar-refractivity contribution is 6.30. The summed E-state index contributed by atoms with van der Waals surface area (Å²) in [5.41, 5.74) is 0.182. The molecule has 1 aliphatic heterocycles. The van der Waals surface area contributed by atoms with Crippen LogP contribution in [0, 0.1) is 23.2 Å². The van der Waals surface area contributed by atoms with Gasteiger partial charge in [0.05, 0.1) is 25.3 Å². The lowest BCUT2D eigenvalue weighted by Crippen LogP contribution is -2.63. The van der Waals surface area contributed by atoms with Gasteiger partial charge in [0.1, 0.15) is 16.5 Å². The maximum atomic E-state index is 13.0. The van der Waals surface area contributed by atoms with E-state index in [4.69, 9.17) is 21.1 Å². The largest absolute Gasteiger partial charge is 0.494 e. The number of nitrogens with one attached hydrogen (secondary N) is 1. The zero-order valence-corrected chi connectivity index (χ0v) is 23.3. The van der Waals surface area contributed by atoms with Crippen molar-refractivity contribution in [2.75, 3.05) is 50.6 Å². The number of halogens is 4. The molecule has 1 saturated heterocycles. The van der Waals surface area contributed by atoms with Crippen molar-refractivity contribution in [3.05, 3.63) is 35.1 Å². The lowest BCUT2D eigenvalue weighted by atomic mass is 9.47. The van der Waals surface area contributed by atoms with Crippen LogP contribution in [0.4, 0.5) is 30.5 Å². The topological polar surface area (TPSA) is 79.8 Å². The first kappa shape index (κ1) is 27.4. The number of nitrogens with zero attached hydrogens (tertiary/aromatic N) is 4. The summed E-state index contributed by atoms with van der Waals surface area (Å²) in [4.78, 5) is 25.2. The van der Waals surface area contributed by atoms with Crippen molar-refractivity contribution in [1.82, 2.24) is 14.9 Å². The first-order chi connectivity index (χ1) is 19.1. The fourth-order valence-corrected chi connectivity index (χ4v) is 8.29. The summed E-state index contributed by atoms with van der Waals surface area (Å²) in [6.45, 7) is 3.64. The van der Waals surface area contributed by atoms with E-state index in [9.17, 15) is 18.0 Å². The number of rotatable bonds is 6. The van der Waals surface area contributed by atoms with Crippen LogP contribution in [-0.2, 0) is 15.7 Å². The van der Waals surface area contributed by atoms with E-state index in [-0.39, 0.29) is 17.3 Å². The summed E-state index contributed by atoms with van der Waals surface area (Å²) >= 11 is 5.74. The first-order valence-electron chi connectivity index (χ1n) is 13.7.